The van der Waals surface area contributed by atoms with E-state index in [0.717, 1.165) is 0 Å². The van der Waals surface area contributed by atoms with Crippen molar-refractivity contribution in [2.45, 2.75) is 0 Å². The first-order chi connectivity index (χ1) is 9.45. The Kier molecular flexibility index (Phi) is 6.01. The molecule has 0 nitrogen and oxygen atoms in total. The standard InChI is InChI=1S/C18H15P.Na.H/c1-4-10-16(11-5-1)19(17-12-6-2-7-13-17)18-14-8-3-9-15-18;;/h1-15H;;/q;+1;-1. The predicted octanol–water partition coefficient (Wildman–Crippen LogP) is 0.561. The van der Waals surface area contributed by atoms with Crippen molar-refractivity contribution in [3.05, 3.63) is 91.0 Å². The molecule has 3 rings (SSSR count). The van der Waals surface area contributed by atoms with Crippen LogP contribution in [0.2, 0.25) is 0 Å². The van der Waals surface area contributed by atoms with Crippen molar-refractivity contribution < 1.29 is 31.0 Å². The van der Waals surface area contributed by atoms with Crippen LogP contribution < -0.4 is 45.5 Å². The molecule has 0 saturated carbocycles. The quantitative estimate of drug-likeness (QED) is 0.487. The Morgan fingerprint density at radius 2 is 0.700 bits per heavy atom. The zero-order valence-electron chi connectivity index (χ0n) is 12.6. The van der Waals surface area contributed by atoms with Crippen molar-refractivity contribution in [1.82, 2.24) is 0 Å². The number of hydrogen-bond acceptors (Lipinski definition) is 0. The molecule has 3 aromatic rings. The van der Waals surface area contributed by atoms with Gasteiger partial charge in [0.05, 0.1) is 0 Å². The summed E-state index contributed by atoms with van der Waals surface area (Å²) in [4.78, 5) is 0. The van der Waals surface area contributed by atoms with Crippen LogP contribution >= 0.6 is 7.92 Å². The summed E-state index contributed by atoms with van der Waals surface area (Å²) in [6.45, 7) is 0. The Bertz CT molecular complexity index is 535. The van der Waals surface area contributed by atoms with Crippen molar-refractivity contribution in [1.29, 1.82) is 0 Å². The molecule has 0 heterocycles. The van der Waals surface area contributed by atoms with Gasteiger partial charge < -0.3 is 1.43 Å². The summed E-state index contributed by atoms with van der Waals surface area (Å²) >= 11 is 0. The molecule has 3 aromatic carbocycles. The zero-order valence-corrected chi connectivity index (χ0v) is 14.5. The fourth-order valence-corrected chi connectivity index (χ4v) is 4.48. The van der Waals surface area contributed by atoms with E-state index in [0.29, 0.717) is 0 Å². The topological polar surface area (TPSA) is 0 Å². The first-order valence-corrected chi connectivity index (χ1v) is 7.74. The molecule has 0 atom stereocenters. The minimum absolute atomic E-state index is 0. The molecule has 0 aliphatic heterocycles. The Labute approximate surface area is 145 Å². The fourth-order valence-electron chi connectivity index (χ4n) is 2.18. The molecule has 0 fully saturated rings. The van der Waals surface area contributed by atoms with Crippen molar-refractivity contribution >= 4 is 23.8 Å². The van der Waals surface area contributed by atoms with Gasteiger partial charge in [0.15, 0.2) is 0 Å². The summed E-state index contributed by atoms with van der Waals surface area (Å²) in [5.74, 6) is 0. The van der Waals surface area contributed by atoms with Crippen LogP contribution in [0.4, 0.5) is 0 Å². The molecule has 94 valence electrons. The number of rotatable bonds is 3. The van der Waals surface area contributed by atoms with Crippen molar-refractivity contribution in [3.8, 4) is 0 Å². The molecule has 0 aromatic heterocycles. The van der Waals surface area contributed by atoms with Crippen molar-refractivity contribution in [3.63, 3.8) is 0 Å². The molecule has 0 unspecified atom stereocenters. The summed E-state index contributed by atoms with van der Waals surface area (Å²) < 4.78 is 0. The Morgan fingerprint density at radius 3 is 0.950 bits per heavy atom. The van der Waals surface area contributed by atoms with E-state index in [-0.39, 0.29) is 31.0 Å². The van der Waals surface area contributed by atoms with Gasteiger partial charge in [0.2, 0.25) is 0 Å². The summed E-state index contributed by atoms with van der Waals surface area (Å²) in [5.41, 5.74) is 0. The molecule has 0 bridgehead atoms. The first kappa shape index (κ1) is 15.5. The smallest absolute Gasteiger partial charge is 1.00 e. The molecule has 0 radical (unpaired) electrons. The second-order valence-electron chi connectivity index (χ2n) is 4.34. The van der Waals surface area contributed by atoms with Crippen molar-refractivity contribution in [2.75, 3.05) is 0 Å². The predicted molar refractivity (Wildman–Crippen MR) is 86.3 cm³/mol. The number of hydrogen-bond donors (Lipinski definition) is 0. The normalized spacial score (nSPS) is 10.1. The molecule has 0 N–H and O–H groups in total. The summed E-state index contributed by atoms with van der Waals surface area (Å²) in [6, 6.07) is 32.3. The minimum atomic E-state index is -0.446. The maximum Gasteiger partial charge on any atom is 1.00 e. The zero-order chi connectivity index (χ0) is 12.9. The summed E-state index contributed by atoms with van der Waals surface area (Å²) in [5, 5.41) is 4.19. The van der Waals surface area contributed by atoms with Gasteiger partial charge in [-0.2, -0.15) is 0 Å². The summed E-state index contributed by atoms with van der Waals surface area (Å²) in [7, 11) is -0.446. The van der Waals surface area contributed by atoms with E-state index in [4.69, 9.17) is 0 Å². The van der Waals surface area contributed by atoms with Gasteiger partial charge in [-0.05, 0) is 23.8 Å². The molecule has 0 amide bonds. The monoisotopic (exact) mass is 286 g/mol. The average molecular weight is 286 g/mol. The van der Waals surface area contributed by atoms with Crippen LogP contribution in [0, 0.1) is 0 Å². The molecule has 0 aliphatic carbocycles. The van der Waals surface area contributed by atoms with Gasteiger partial charge in [-0.3, -0.25) is 0 Å². The third kappa shape index (κ3) is 3.59. The van der Waals surface area contributed by atoms with Crippen LogP contribution in [0.25, 0.3) is 0 Å². The van der Waals surface area contributed by atoms with Crippen LogP contribution in [0.15, 0.2) is 91.0 Å². The fraction of sp³-hybridized carbons (Fsp3) is 0. The maximum atomic E-state index is 2.23. The molecular weight excluding hydrogens is 270 g/mol. The second kappa shape index (κ2) is 7.76. The van der Waals surface area contributed by atoms with Crippen molar-refractivity contribution in [2.24, 2.45) is 0 Å². The third-order valence-corrected chi connectivity index (χ3v) is 5.49. The second-order valence-corrected chi connectivity index (χ2v) is 6.56. The van der Waals surface area contributed by atoms with Crippen LogP contribution in [-0.2, 0) is 0 Å². The molecule has 0 spiro atoms. The molecule has 0 aliphatic rings. The van der Waals surface area contributed by atoms with Crippen LogP contribution in [0.5, 0.6) is 0 Å². The van der Waals surface area contributed by atoms with Gasteiger partial charge in [0.1, 0.15) is 0 Å². The Hall–Kier alpha value is -0.910. The van der Waals surface area contributed by atoms with Crippen LogP contribution in [-0.4, -0.2) is 0 Å². The van der Waals surface area contributed by atoms with E-state index >= 15 is 0 Å². The molecule has 2 heteroatoms. The molecule has 0 saturated heterocycles. The van der Waals surface area contributed by atoms with E-state index in [1.165, 1.54) is 15.9 Å². The van der Waals surface area contributed by atoms with Gasteiger partial charge in [0, 0.05) is 0 Å². The minimum Gasteiger partial charge on any atom is -1.00 e. The molecule has 20 heavy (non-hydrogen) atoms. The average Bonchev–Trinajstić information content (AvgIpc) is 2.51. The third-order valence-electron chi connectivity index (χ3n) is 3.04. The Morgan fingerprint density at radius 1 is 0.450 bits per heavy atom. The first-order valence-electron chi connectivity index (χ1n) is 6.40. The van der Waals surface area contributed by atoms with Crippen LogP contribution in [0.3, 0.4) is 0 Å². The molecular formula is C18H16NaP. The van der Waals surface area contributed by atoms with Gasteiger partial charge in [-0.25, -0.2) is 0 Å². The summed E-state index contributed by atoms with van der Waals surface area (Å²) in [6.07, 6.45) is 0. The maximum absolute atomic E-state index is 2.23. The SMILES string of the molecule is [H-].[Na+].c1ccc(P(c2ccccc2)c2ccccc2)cc1. The van der Waals surface area contributed by atoms with E-state index < -0.39 is 7.92 Å². The largest absolute Gasteiger partial charge is 1.00 e. The van der Waals surface area contributed by atoms with Gasteiger partial charge in [-0.1, -0.05) is 91.0 Å². The van der Waals surface area contributed by atoms with Gasteiger partial charge in [0.25, 0.3) is 0 Å². The van der Waals surface area contributed by atoms with E-state index in [1.54, 1.807) is 0 Å². The van der Waals surface area contributed by atoms with Gasteiger partial charge >= 0.3 is 29.6 Å². The Balaban J connectivity index is 0.00000110. The number of benzene rings is 3. The van der Waals surface area contributed by atoms with Crippen LogP contribution in [0.1, 0.15) is 1.43 Å². The van der Waals surface area contributed by atoms with Gasteiger partial charge in [-0.15, -0.1) is 0 Å². The van der Waals surface area contributed by atoms with E-state index in [1.807, 2.05) is 0 Å². The van der Waals surface area contributed by atoms with E-state index in [9.17, 15) is 0 Å². The van der Waals surface area contributed by atoms with E-state index in [2.05, 4.69) is 91.0 Å².